The van der Waals surface area contributed by atoms with Crippen LogP contribution in [0.25, 0.3) is 0 Å². The highest BCUT2D eigenvalue weighted by molar-refractivity contribution is 6.23. The van der Waals surface area contributed by atoms with Crippen LogP contribution in [0.3, 0.4) is 0 Å². The zero-order valence-electron chi connectivity index (χ0n) is 15.4. The Bertz CT molecular complexity index is 1040. The largest absolute Gasteiger partial charge is 0.365 e. The lowest BCUT2D eigenvalue weighted by Crippen LogP contribution is -2.43. The van der Waals surface area contributed by atoms with E-state index in [2.05, 4.69) is 35.0 Å². The van der Waals surface area contributed by atoms with Crippen molar-refractivity contribution in [3.05, 3.63) is 65.5 Å². The molecule has 134 valence electrons. The van der Waals surface area contributed by atoms with Crippen molar-refractivity contribution in [2.45, 2.75) is 31.7 Å². The highest BCUT2D eigenvalue weighted by atomic mass is 16.1. The Morgan fingerprint density at radius 2 is 2.11 bits per heavy atom. The summed E-state index contributed by atoms with van der Waals surface area (Å²) in [4.78, 5) is 23.8. The van der Waals surface area contributed by atoms with Crippen LogP contribution in [0.1, 0.15) is 41.4 Å². The van der Waals surface area contributed by atoms with Gasteiger partial charge >= 0.3 is 0 Å². The van der Waals surface area contributed by atoms with Crippen molar-refractivity contribution >= 4 is 22.9 Å². The Morgan fingerprint density at radius 1 is 1.22 bits per heavy atom. The maximum absolute atomic E-state index is 12.0. The van der Waals surface area contributed by atoms with Crippen LogP contribution in [-0.2, 0) is 6.42 Å². The molecule has 2 heterocycles. The van der Waals surface area contributed by atoms with Crippen molar-refractivity contribution in [2.75, 3.05) is 11.4 Å². The van der Waals surface area contributed by atoms with E-state index in [9.17, 15) is 4.79 Å². The third-order valence-electron chi connectivity index (χ3n) is 6.91. The van der Waals surface area contributed by atoms with Crippen molar-refractivity contribution in [1.29, 1.82) is 0 Å². The summed E-state index contributed by atoms with van der Waals surface area (Å²) in [6.07, 6.45) is 8.77. The molecule has 4 heteroatoms. The number of benzene rings is 1. The average molecular weight is 355 g/mol. The molecule has 2 aromatic rings. The van der Waals surface area contributed by atoms with Gasteiger partial charge in [-0.1, -0.05) is 0 Å². The molecule has 0 saturated heterocycles. The summed E-state index contributed by atoms with van der Waals surface area (Å²) >= 11 is 0. The van der Waals surface area contributed by atoms with Gasteiger partial charge in [-0.05, 0) is 86.1 Å². The van der Waals surface area contributed by atoms with E-state index in [1.54, 1.807) is 18.3 Å². The molecular formula is C23H21N3O. The van der Waals surface area contributed by atoms with Crippen LogP contribution < -0.4 is 4.90 Å². The van der Waals surface area contributed by atoms with E-state index in [4.69, 9.17) is 4.99 Å². The second-order valence-electron chi connectivity index (χ2n) is 8.34. The van der Waals surface area contributed by atoms with E-state index in [0.29, 0.717) is 11.2 Å². The SMILES string of the molecule is CC1(N2CCCc3cc(N=C4C=CC(=O)c5ncccc54)ccc32)C2CC21. The summed E-state index contributed by atoms with van der Waals surface area (Å²) < 4.78 is 0. The molecule has 0 bridgehead atoms. The Kier molecular flexibility index (Phi) is 2.93. The van der Waals surface area contributed by atoms with Gasteiger partial charge in [-0.15, -0.1) is 0 Å². The Hall–Kier alpha value is -2.75. The van der Waals surface area contributed by atoms with E-state index in [1.807, 2.05) is 12.1 Å². The molecule has 2 atom stereocenters. The number of carbonyl (C=O) groups is 1. The van der Waals surface area contributed by atoms with E-state index in [1.165, 1.54) is 30.6 Å². The minimum Gasteiger partial charge on any atom is -0.365 e. The molecule has 0 N–H and O–H groups in total. The Labute approximate surface area is 158 Å². The molecule has 2 fully saturated rings. The fourth-order valence-corrected chi connectivity index (χ4v) is 5.11. The molecule has 0 amide bonds. The van der Waals surface area contributed by atoms with Gasteiger partial charge in [0.2, 0.25) is 5.78 Å². The first kappa shape index (κ1) is 15.3. The van der Waals surface area contributed by atoms with Gasteiger partial charge in [-0.25, -0.2) is 4.99 Å². The molecule has 6 rings (SSSR count). The fourth-order valence-electron chi connectivity index (χ4n) is 5.11. The van der Waals surface area contributed by atoms with E-state index < -0.39 is 0 Å². The number of nitrogens with zero attached hydrogens (tertiary/aromatic N) is 3. The standard InChI is InChI=1S/C23H21N3O/c1-23(17-13-18(17)23)26-11-3-4-14-12-15(6-8-20(14)26)25-19-7-9-21(27)22-16(19)5-2-10-24-22/h2,5-10,12,17-18H,3-4,11,13H2,1H3. The van der Waals surface area contributed by atoms with Crippen LogP contribution in [0.2, 0.25) is 0 Å². The topological polar surface area (TPSA) is 45.6 Å². The van der Waals surface area contributed by atoms with Crippen molar-refractivity contribution in [2.24, 2.45) is 16.8 Å². The molecule has 0 spiro atoms. The summed E-state index contributed by atoms with van der Waals surface area (Å²) in [6.45, 7) is 3.61. The maximum Gasteiger partial charge on any atom is 0.204 e. The highest BCUT2D eigenvalue weighted by Gasteiger charge is 2.76. The summed E-state index contributed by atoms with van der Waals surface area (Å²) in [6, 6.07) is 10.4. The lowest BCUT2D eigenvalue weighted by atomic mass is 9.95. The number of pyridine rings is 1. The lowest BCUT2D eigenvalue weighted by Gasteiger charge is -2.40. The van der Waals surface area contributed by atoms with E-state index in [0.717, 1.165) is 35.2 Å². The molecule has 1 aliphatic heterocycles. The zero-order valence-corrected chi connectivity index (χ0v) is 15.4. The number of allylic oxidation sites excluding steroid dienone is 2. The van der Waals surface area contributed by atoms with Gasteiger partial charge in [-0.2, -0.15) is 0 Å². The number of anilines is 1. The lowest BCUT2D eigenvalue weighted by molar-refractivity contribution is 0.104. The number of aliphatic imine (C=N–C) groups is 1. The number of hydrogen-bond donors (Lipinski definition) is 0. The molecule has 2 unspecified atom stereocenters. The summed E-state index contributed by atoms with van der Waals surface area (Å²) in [7, 11) is 0. The molecular weight excluding hydrogens is 334 g/mol. The molecule has 2 saturated carbocycles. The van der Waals surface area contributed by atoms with Crippen LogP contribution in [0.15, 0.2) is 53.7 Å². The summed E-state index contributed by atoms with van der Waals surface area (Å²) in [5, 5.41) is 0. The first-order valence-corrected chi connectivity index (χ1v) is 9.83. The van der Waals surface area contributed by atoms with Gasteiger partial charge in [0.15, 0.2) is 0 Å². The van der Waals surface area contributed by atoms with Gasteiger partial charge in [-0.3, -0.25) is 9.78 Å². The first-order chi connectivity index (χ1) is 13.2. The maximum atomic E-state index is 12.0. The number of aryl methyl sites for hydroxylation is 1. The minimum atomic E-state index is -0.0538. The molecule has 1 aromatic heterocycles. The average Bonchev–Trinajstić information content (AvgIpc) is 3.61. The van der Waals surface area contributed by atoms with E-state index >= 15 is 0 Å². The number of hydrogen-bond acceptors (Lipinski definition) is 4. The summed E-state index contributed by atoms with van der Waals surface area (Å²) in [5.74, 6) is 1.80. The Balaban J connectivity index is 1.38. The predicted molar refractivity (Wildman–Crippen MR) is 106 cm³/mol. The van der Waals surface area contributed by atoms with Crippen LogP contribution in [0.4, 0.5) is 11.4 Å². The van der Waals surface area contributed by atoms with Gasteiger partial charge in [0.05, 0.1) is 11.4 Å². The van der Waals surface area contributed by atoms with Crippen LogP contribution in [0.5, 0.6) is 0 Å². The molecule has 0 radical (unpaired) electrons. The number of aromatic nitrogens is 1. The van der Waals surface area contributed by atoms with E-state index in [-0.39, 0.29) is 5.78 Å². The van der Waals surface area contributed by atoms with Gasteiger partial charge < -0.3 is 4.90 Å². The number of carbonyl (C=O) groups excluding carboxylic acids is 1. The van der Waals surface area contributed by atoms with Crippen molar-refractivity contribution in [3.63, 3.8) is 0 Å². The highest BCUT2D eigenvalue weighted by Crippen LogP contribution is 2.74. The van der Waals surface area contributed by atoms with Crippen molar-refractivity contribution in [1.82, 2.24) is 4.98 Å². The number of rotatable bonds is 2. The van der Waals surface area contributed by atoms with Crippen LogP contribution in [-0.4, -0.2) is 28.6 Å². The number of ketones is 1. The summed E-state index contributed by atoms with van der Waals surface area (Å²) in [5.41, 5.74) is 6.28. The third kappa shape index (κ3) is 2.13. The second-order valence-corrected chi connectivity index (χ2v) is 8.34. The second kappa shape index (κ2) is 5.16. The zero-order chi connectivity index (χ0) is 18.2. The first-order valence-electron chi connectivity index (χ1n) is 9.83. The molecule has 27 heavy (non-hydrogen) atoms. The molecule has 1 aromatic carbocycles. The quantitative estimate of drug-likeness (QED) is 0.814. The normalized spacial score (nSPS) is 31.4. The predicted octanol–water partition coefficient (Wildman–Crippen LogP) is 4.12. The van der Waals surface area contributed by atoms with Crippen LogP contribution >= 0.6 is 0 Å². The fraction of sp³-hybridized carbons (Fsp3) is 0.348. The molecule has 4 nitrogen and oxygen atoms in total. The smallest absolute Gasteiger partial charge is 0.204 e. The van der Waals surface area contributed by atoms with Gasteiger partial charge in [0.1, 0.15) is 5.69 Å². The monoisotopic (exact) mass is 355 g/mol. The van der Waals surface area contributed by atoms with Crippen molar-refractivity contribution in [3.8, 4) is 0 Å². The van der Waals surface area contributed by atoms with Gasteiger partial charge in [0.25, 0.3) is 0 Å². The Morgan fingerprint density at radius 3 is 2.93 bits per heavy atom. The third-order valence-corrected chi connectivity index (χ3v) is 6.91. The molecule has 3 aliphatic carbocycles. The van der Waals surface area contributed by atoms with Crippen LogP contribution in [0, 0.1) is 11.8 Å². The number of fused-ring (bicyclic) bond motifs is 3. The molecule has 4 aliphatic rings. The van der Waals surface area contributed by atoms with Gasteiger partial charge in [0, 0.05) is 29.5 Å². The minimum absolute atomic E-state index is 0.0538. The van der Waals surface area contributed by atoms with Crippen molar-refractivity contribution < 1.29 is 4.79 Å².